The molecule has 90 valence electrons. The zero-order valence-corrected chi connectivity index (χ0v) is 9.39. The Morgan fingerprint density at radius 1 is 1.62 bits per heavy atom. The molecule has 0 aromatic carbocycles. The number of aliphatic carboxylic acids is 1. The molecule has 2 unspecified atom stereocenters. The largest absolute Gasteiger partial charge is 0.480 e. The minimum absolute atomic E-state index is 0.131. The Morgan fingerprint density at radius 3 is 2.75 bits per heavy atom. The van der Waals surface area contributed by atoms with Gasteiger partial charge in [-0.2, -0.15) is 0 Å². The smallest absolute Gasteiger partial charge is 0.323 e. The lowest BCUT2D eigenvalue weighted by atomic mass is 10.0. The molecule has 1 heterocycles. The third-order valence-electron chi connectivity index (χ3n) is 2.68. The van der Waals surface area contributed by atoms with Crippen LogP contribution < -0.4 is 0 Å². The Morgan fingerprint density at radius 2 is 2.31 bits per heavy atom. The van der Waals surface area contributed by atoms with E-state index in [1.165, 1.54) is 11.0 Å². The monoisotopic (exact) mass is 227 g/mol. The lowest BCUT2D eigenvalue weighted by molar-refractivity contribution is -0.146. The van der Waals surface area contributed by atoms with Crippen molar-refractivity contribution in [1.29, 1.82) is 0 Å². The second-order valence-corrected chi connectivity index (χ2v) is 3.87. The van der Waals surface area contributed by atoms with E-state index in [4.69, 9.17) is 9.84 Å². The molecule has 1 saturated heterocycles. The van der Waals surface area contributed by atoms with E-state index in [0.29, 0.717) is 13.0 Å². The molecule has 1 aliphatic rings. The van der Waals surface area contributed by atoms with E-state index in [2.05, 4.69) is 6.58 Å². The molecule has 0 aromatic heterocycles. The van der Waals surface area contributed by atoms with Crippen molar-refractivity contribution >= 4 is 11.9 Å². The number of carbonyl (C=O) groups is 2. The summed E-state index contributed by atoms with van der Waals surface area (Å²) in [6, 6.07) is 0. The second-order valence-electron chi connectivity index (χ2n) is 3.87. The van der Waals surface area contributed by atoms with Crippen molar-refractivity contribution in [3.8, 4) is 0 Å². The number of hydrogen-bond acceptors (Lipinski definition) is 3. The van der Waals surface area contributed by atoms with Crippen LogP contribution in [0.1, 0.15) is 13.3 Å². The fourth-order valence-corrected chi connectivity index (χ4v) is 1.84. The number of rotatable bonds is 5. The summed E-state index contributed by atoms with van der Waals surface area (Å²) in [5, 5.41) is 8.71. The number of ether oxygens (including phenoxy) is 1. The normalized spacial score (nSPS) is 24.1. The van der Waals surface area contributed by atoms with E-state index in [1.54, 1.807) is 0 Å². The minimum Gasteiger partial charge on any atom is -0.480 e. The third kappa shape index (κ3) is 3.06. The van der Waals surface area contributed by atoms with Gasteiger partial charge in [0.2, 0.25) is 5.91 Å². The maximum absolute atomic E-state index is 12.0. The highest BCUT2D eigenvalue weighted by Crippen LogP contribution is 2.22. The molecule has 5 heteroatoms. The molecule has 0 radical (unpaired) electrons. The molecule has 1 amide bonds. The number of carboxylic acids is 1. The predicted molar refractivity (Wildman–Crippen MR) is 57.9 cm³/mol. The van der Waals surface area contributed by atoms with Crippen molar-refractivity contribution in [1.82, 2.24) is 4.90 Å². The summed E-state index contributed by atoms with van der Waals surface area (Å²) in [6.07, 6.45) is 2.06. The molecule has 1 rings (SSSR count). The molecule has 0 bridgehead atoms. The Labute approximate surface area is 94.7 Å². The van der Waals surface area contributed by atoms with Gasteiger partial charge in [0.25, 0.3) is 0 Å². The fourth-order valence-electron chi connectivity index (χ4n) is 1.84. The number of amides is 1. The van der Waals surface area contributed by atoms with Crippen molar-refractivity contribution in [3.05, 3.63) is 12.7 Å². The first-order chi connectivity index (χ1) is 7.56. The number of carbonyl (C=O) groups excluding carboxylic acids is 1. The van der Waals surface area contributed by atoms with Gasteiger partial charge in [-0.3, -0.25) is 9.59 Å². The predicted octanol–water partition coefficient (Wildman–Crippen LogP) is 0.511. The van der Waals surface area contributed by atoms with Crippen molar-refractivity contribution in [2.45, 2.75) is 19.4 Å². The molecule has 1 fully saturated rings. The molecule has 2 atom stereocenters. The highest BCUT2D eigenvalue weighted by Gasteiger charge is 2.33. The molecule has 0 spiro atoms. The van der Waals surface area contributed by atoms with Gasteiger partial charge < -0.3 is 14.7 Å². The zero-order valence-electron chi connectivity index (χ0n) is 9.39. The number of nitrogens with zero attached hydrogens (tertiary/aromatic N) is 1. The average Bonchev–Trinajstić information content (AvgIpc) is 2.62. The van der Waals surface area contributed by atoms with Crippen LogP contribution in [0, 0.1) is 5.92 Å². The van der Waals surface area contributed by atoms with Crippen LogP contribution in [0.15, 0.2) is 12.7 Å². The summed E-state index contributed by atoms with van der Waals surface area (Å²) in [6.45, 7) is 5.89. The van der Waals surface area contributed by atoms with E-state index in [9.17, 15) is 9.59 Å². The zero-order chi connectivity index (χ0) is 12.1. The van der Waals surface area contributed by atoms with E-state index in [-0.39, 0.29) is 31.0 Å². The van der Waals surface area contributed by atoms with Crippen LogP contribution in [0.2, 0.25) is 0 Å². The van der Waals surface area contributed by atoms with Gasteiger partial charge in [-0.15, -0.1) is 6.58 Å². The summed E-state index contributed by atoms with van der Waals surface area (Å²) < 4.78 is 5.30. The lowest BCUT2D eigenvalue weighted by Crippen LogP contribution is -2.41. The van der Waals surface area contributed by atoms with E-state index >= 15 is 0 Å². The maximum atomic E-state index is 12.0. The lowest BCUT2D eigenvalue weighted by Gasteiger charge is -2.23. The van der Waals surface area contributed by atoms with Crippen LogP contribution in [0.25, 0.3) is 0 Å². The van der Waals surface area contributed by atoms with Gasteiger partial charge in [-0.05, 0) is 13.3 Å². The highest BCUT2D eigenvalue weighted by atomic mass is 16.5. The number of hydrogen-bond donors (Lipinski definition) is 1. The Balaban J connectivity index is 2.65. The van der Waals surface area contributed by atoms with Crippen LogP contribution in [0.4, 0.5) is 0 Å². The standard InChI is InChI=1S/C11H17NO4/c1-3-5-12(7-10(13)14)11(15)9-4-6-16-8(9)2/h3,8-9H,1,4-7H2,2H3,(H,13,14). The summed E-state index contributed by atoms with van der Waals surface area (Å²) in [5.74, 6) is -1.40. The SMILES string of the molecule is C=CCN(CC(=O)O)C(=O)C1CCOC1C. The molecular weight excluding hydrogens is 210 g/mol. The molecule has 1 N–H and O–H groups in total. The van der Waals surface area contributed by atoms with Crippen molar-refractivity contribution in [2.75, 3.05) is 19.7 Å². The van der Waals surface area contributed by atoms with Gasteiger partial charge in [-0.1, -0.05) is 6.08 Å². The molecule has 0 aliphatic carbocycles. The second kappa shape index (κ2) is 5.65. The van der Waals surface area contributed by atoms with Crippen molar-refractivity contribution in [3.63, 3.8) is 0 Å². The fraction of sp³-hybridized carbons (Fsp3) is 0.636. The van der Waals surface area contributed by atoms with Gasteiger partial charge in [0.15, 0.2) is 0 Å². The van der Waals surface area contributed by atoms with Gasteiger partial charge in [0.1, 0.15) is 6.54 Å². The molecule has 1 aliphatic heterocycles. The van der Waals surface area contributed by atoms with Gasteiger partial charge in [-0.25, -0.2) is 0 Å². The Hall–Kier alpha value is -1.36. The Kier molecular flexibility index (Phi) is 4.49. The number of carboxylic acid groups (broad SMARTS) is 1. The highest BCUT2D eigenvalue weighted by molar-refractivity contribution is 5.83. The first-order valence-corrected chi connectivity index (χ1v) is 5.29. The van der Waals surface area contributed by atoms with E-state index in [0.717, 1.165) is 0 Å². The van der Waals surface area contributed by atoms with Crippen molar-refractivity contribution < 1.29 is 19.4 Å². The molecule has 16 heavy (non-hydrogen) atoms. The van der Waals surface area contributed by atoms with E-state index < -0.39 is 5.97 Å². The first kappa shape index (κ1) is 12.7. The molecule has 0 saturated carbocycles. The van der Waals surface area contributed by atoms with Gasteiger partial charge in [0.05, 0.1) is 12.0 Å². The van der Waals surface area contributed by atoms with Gasteiger partial charge in [0, 0.05) is 13.2 Å². The van der Waals surface area contributed by atoms with Crippen LogP contribution in [0.5, 0.6) is 0 Å². The summed E-state index contributed by atoms with van der Waals surface area (Å²) >= 11 is 0. The third-order valence-corrected chi connectivity index (χ3v) is 2.68. The molecule has 5 nitrogen and oxygen atoms in total. The summed E-state index contributed by atoms with van der Waals surface area (Å²) in [7, 11) is 0. The Bertz CT molecular complexity index is 290. The molecular formula is C11H17NO4. The summed E-state index contributed by atoms with van der Waals surface area (Å²) in [4.78, 5) is 23.9. The molecule has 0 aromatic rings. The average molecular weight is 227 g/mol. The minimum atomic E-state index is -1.01. The van der Waals surface area contributed by atoms with Gasteiger partial charge >= 0.3 is 5.97 Å². The van der Waals surface area contributed by atoms with Crippen molar-refractivity contribution in [2.24, 2.45) is 5.92 Å². The topological polar surface area (TPSA) is 66.8 Å². The van der Waals surface area contributed by atoms with Crippen LogP contribution in [-0.2, 0) is 14.3 Å². The summed E-state index contributed by atoms with van der Waals surface area (Å²) in [5.41, 5.74) is 0. The van der Waals surface area contributed by atoms with Crippen LogP contribution in [0.3, 0.4) is 0 Å². The maximum Gasteiger partial charge on any atom is 0.323 e. The first-order valence-electron chi connectivity index (χ1n) is 5.29. The van der Waals surface area contributed by atoms with Crippen LogP contribution in [-0.4, -0.2) is 47.7 Å². The van der Waals surface area contributed by atoms with Crippen LogP contribution >= 0.6 is 0 Å². The quantitative estimate of drug-likeness (QED) is 0.695. The van der Waals surface area contributed by atoms with E-state index in [1.807, 2.05) is 6.92 Å².